The molecule has 0 bridgehead atoms. The average Bonchev–Trinajstić information content (AvgIpc) is 2.74. The summed E-state index contributed by atoms with van der Waals surface area (Å²) in [4.78, 5) is 24.5. The van der Waals surface area contributed by atoms with Crippen molar-refractivity contribution in [2.75, 3.05) is 7.11 Å². The third kappa shape index (κ3) is 5.72. The van der Waals surface area contributed by atoms with E-state index in [-0.39, 0.29) is 11.9 Å². The van der Waals surface area contributed by atoms with Gasteiger partial charge in [0.2, 0.25) is 0 Å². The molecule has 0 atom stereocenters. The monoisotopic (exact) mass is 407 g/mol. The van der Waals surface area contributed by atoms with E-state index in [9.17, 15) is 9.59 Å². The maximum atomic E-state index is 13.2. The Morgan fingerprint density at radius 3 is 2.33 bits per heavy atom. The van der Waals surface area contributed by atoms with Crippen LogP contribution in [0.5, 0.6) is 11.5 Å². The van der Waals surface area contributed by atoms with Crippen LogP contribution in [0.1, 0.15) is 50.7 Å². The smallest absolute Gasteiger partial charge is 0.308 e. The number of amides is 1. The van der Waals surface area contributed by atoms with Crippen LogP contribution in [0.4, 0.5) is 0 Å². The second-order valence-corrected chi connectivity index (χ2v) is 7.86. The Morgan fingerprint density at radius 2 is 1.70 bits per heavy atom. The van der Waals surface area contributed by atoms with Crippen molar-refractivity contribution in [1.82, 2.24) is 5.32 Å². The van der Waals surface area contributed by atoms with Gasteiger partial charge in [-0.3, -0.25) is 9.59 Å². The van der Waals surface area contributed by atoms with Crippen LogP contribution < -0.4 is 14.8 Å². The van der Waals surface area contributed by atoms with E-state index in [1.165, 1.54) is 14.0 Å². The molecule has 5 nitrogen and oxygen atoms in total. The molecule has 0 spiro atoms. The summed E-state index contributed by atoms with van der Waals surface area (Å²) >= 11 is 0. The van der Waals surface area contributed by atoms with Crippen LogP contribution in [0.3, 0.4) is 0 Å². The normalized spacial score (nSPS) is 19.1. The van der Waals surface area contributed by atoms with Crippen LogP contribution in [-0.2, 0) is 9.59 Å². The lowest BCUT2D eigenvalue weighted by molar-refractivity contribution is -0.132. The summed E-state index contributed by atoms with van der Waals surface area (Å²) in [6.07, 6.45) is 6.16. The second-order valence-electron chi connectivity index (χ2n) is 7.86. The third-order valence-corrected chi connectivity index (χ3v) is 5.43. The van der Waals surface area contributed by atoms with Crippen molar-refractivity contribution >= 4 is 23.5 Å². The van der Waals surface area contributed by atoms with Crippen LogP contribution in [0, 0.1) is 5.92 Å². The highest BCUT2D eigenvalue weighted by Gasteiger charge is 2.22. The van der Waals surface area contributed by atoms with E-state index in [1.54, 1.807) is 18.2 Å². The molecule has 0 heterocycles. The molecule has 3 rings (SSSR count). The fraction of sp³-hybridized carbons (Fsp3) is 0.360. The molecular formula is C25H29NO4. The van der Waals surface area contributed by atoms with Gasteiger partial charge in [0, 0.05) is 18.5 Å². The van der Waals surface area contributed by atoms with E-state index in [4.69, 9.17) is 9.47 Å². The van der Waals surface area contributed by atoms with Gasteiger partial charge in [0.1, 0.15) is 0 Å². The average molecular weight is 408 g/mol. The zero-order valence-electron chi connectivity index (χ0n) is 17.8. The Bertz CT molecular complexity index is 912. The molecule has 5 heteroatoms. The third-order valence-electron chi connectivity index (χ3n) is 5.43. The van der Waals surface area contributed by atoms with Crippen molar-refractivity contribution in [2.24, 2.45) is 5.92 Å². The summed E-state index contributed by atoms with van der Waals surface area (Å²) in [5.74, 6) is 1.02. The largest absolute Gasteiger partial charge is 0.493 e. The predicted molar refractivity (Wildman–Crippen MR) is 118 cm³/mol. The number of hydrogen-bond donors (Lipinski definition) is 1. The number of carbonyl (C=O) groups excluding carboxylic acids is 2. The minimum absolute atomic E-state index is 0.0798. The fourth-order valence-electron chi connectivity index (χ4n) is 3.75. The van der Waals surface area contributed by atoms with Crippen molar-refractivity contribution in [3.05, 3.63) is 59.7 Å². The number of methoxy groups -OCH3 is 1. The van der Waals surface area contributed by atoms with Crippen LogP contribution in [-0.4, -0.2) is 25.0 Å². The first kappa shape index (κ1) is 21.6. The lowest BCUT2D eigenvalue weighted by Crippen LogP contribution is -2.37. The lowest BCUT2D eigenvalue weighted by atomic mass is 9.87. The minimum atomic E-state index is -0.414. The van der Waals surface area contributed by atoms with Gasteiger partial charge in [0.05, 0.1) is 7.11 Å². The molecule has 1 saturated carbocycles. The molecule has 2 aromatic rings. The SMILES string of the molecule is COc1cc(C=C(C(=O)NC2CCC(C)CC2)c2ccccc2)ccc1OC(C)=O. The minimum Gasteiger partial charge on any atom is -0.493 e. The molecule has 0 aromatic heterocycles. The Labute approximate surface area is 178 Å². The van der Waals surface area contributed by atoms with E-state index in [2.05, 4.69) is 12.2 Å². The highest BCUT2D eigenvalue weighted by molar-refractivity contribution is 6.24. The fourth-order valence-corrected chi connectivity index (χ4v) is 3.75. The van der Waals surface area contributed by atoms with E-state index >= 15 is 0 Å². The van der Waals surface area contributed by atoms with Gasteiger partial charge in [0.15, 0.2) is 11.5 Å². The molecule has 1 N–H and O–H groups in total. The van der Waals surface area contributed by atoms with Crippen LogP contribution in [0.25, 0.3) is 11.6 Å². The Balaban J connectivity index is 1.89. The number of benzene rings is 2. The molecule has 2 aromatic carbocycles. The standard InChI is InChI=1S/C25H29NO4/c1-17-9-12-21(13-10-17)26-25(28)22(20-7-5-4-6-8-20)15-19-11-14-23(30-18(2)27)24(16-19)29-3/h4-8,11,14-17,21H,9-10,12-13H2,1-3H3,(H,26,28). The van der Waals surface area contributed by atoms with E-state index in [0.29, 0.717) is 17.1 Å². The summed E-state index contributed by atoms with van der Waals surface area (Å²) in [7, 11) is 1.52. The maximum absolute atomic E-state index is 13.2. The van der Waals surface area contributed by atoms with Gasteiger partial charge in [-0.25, -0.2) is 0 Å². The first-order valence-electron chi connectivity index (χ1n) is 10.4. The summed E-state index contributed by atoms with van der Waals surface area (Å²) in [6, 6.07) is 15.1. The molecule has 1 aliphatic rings. The quantitative estimate of drug-likeness (QED) is 0.322. The van der Waals surface area contributed by atoms with Crippen molar-refractivity contribution in [3.8, 4) is 11.5 Å². The molecular weight excluding hydrogens is 378 g/mol. The summed E-state index contributed by atoms with van der Waals surface area (Å²) in [6.45, 7) is 3.61. The molecule has 0 saturated heterocycles. The molecule has 1 fully saturated rings. The van der Waals surface area contributed by atoms with Gasteiger partial charge in [0.25, 0.3) is 5.91 Å². The Morgan fingerprint density at radius 1 is 1.00 bits per heavy atom. The zero-order chi connectivity index (χ0) is 21.5. The van der Waals surface area contributed by atoms with E-state index < -0.39 is 5.97 Å². The van der Waals surface area contributed by atoms with Gasteiger partial charge < -0.3 is 14.8 Å². The topological polar surface area (TPSA) is 64.6 Å². The molecule has 0 unspecified atom stereocenters. The number of esters is 1. The first-order valence-corrected chi connectivity index (χ1v) is 10.4. The number of hydrogen-bond acceptors (Lipinski definition) is 4. The van der Waals surface area contributed by atoms with Crippen LogP contribution in [0.15, 0.2) is 48.5 Å². The van der Waals surface area contributed by atoms with Gasteiger partial charge >= 0.3 is 5.97 Å². The maximum Gasteiger partial charge on any atom is 0.308 e. The second kappa shape index (κ2) is 10.1. The highest BCUT2D eigenvalue weighted by Crippen LogP contribution is 2.30. The summed E-state index contributed by atoms with van der Waals surface area (Å²) < 4.78 is 10.5. The van der Waals surface area contributed by atoms with Crippen molar-refractivity contribution in [1.29, 1.82) is 0 Å². The number of rotatable bonds is 6. The molecule has 1 amide bonds. The molecule has 30 heavy (non-hydrogen) atoms. The molecule has 0 aliphatic heterocycles. The van der Waals surface area contributed by atoms with Crippen LogP contribution >= 0.6 is 0 Å². The van der Waals surface area contributed by atoms with Gasteiger partial charge in [-0.2, -0.15) is 0 Å². The lowest BCUT2D eigenvalue weighted by Gasteiger charge is -2.27. The molecule has 0 radical (unpaired) electrons. The molecule has 1 aliphatic carbocycles. The number of nitrogens with one attached hydrogen (secondary N) is 1. The van der Waals surface area contributed by atoms with Crippen LogP contribution in [0.2, 0.25) is 0 Å². The number of ether oxygens (including phenoxy) is 2. The predicted octanol–water partition coefficient (Wildman–Crippen LogP) is 4.86. The van der Waals surface area contributed by atoms with Crippen molar-refractivity contribution < 1.29 is 19.1 Å². The zero-order valence-corrected chi connectivity index (χ0v) is 17.8. The summed E-state index contributed by atoms with van der Waals surface area (Å²) in [5.41, 5.74) is 2.23. The van der Waals surface area contributed by atoms with Crippen molar-refractivity contribution in [2.45, 2.75) is 45.6 Å². The first-order chi connectivity index (χ1) is 14.5. The summed E-state index contributed by atoms with van der Waals surface area (Å²) in [5, 5.41) is 3.22. The Kier molecular flexibility index (Phi) is 7.28. The Hall–Kier alpha value is -3.08. The van der Waals surface area contributed by atoms with E-state index in [0.717, 1.165) is 42.7 Å². The van der Waals surface area contributed by atoms with Gasteiger partial charge in [-0.15, -0.1) is 0 Å². The number of carbonyl (C=O) groups is 2. The van der Waals surface area contributed by atoms with Gasteiger partial charge in [-0.05, 0) is 60.9 Å². The van der Waals surface area contributed by atoms with E-state index in [1.807, 2.05) is 36.4 Å². The molecule has 158 valence electrons. The van der Waals surface area contributed by atoms with Crippen molar-refractivity contribution in [3.63, 3.8) is 0 Å². The highest BCUT2D eigenvalue weighted by atomic mass is 16.6. The van der Waals surface area contributed by atoms with Gasteiger partial charge in [-0.1, -0.05) is 43.3 Å².